The van der Waals surface area contributed by atoms with Crippen LogP contribution < -0.4 is 11.1 Å². The minimum Gasteiger partial charge on any atom is -0.493 e. The molecule has 0 fully saturated rings. The van der Waals surface area contributed by atoms with Gasteiger partial charge in [0.15, 0.2) is 0 Å². The first-order chi connectivity index (χ1) is 6.11. The van der Waals surface area contributed by atoms with Crippen LogP contribution >= 0.6 is 0 Å². The summed E-state index contributed by atoms with van der Waals surface area (Å²) in [6.45, 7) is 1.89. The molecular weight excluding hydrogens is 172 g/mol. The predicted octanol–water partition coefficient (Wildman–Crippen LogP) is -0.00550. The zero-order valence-electron chi connectivity index (χ0n) is 7.23. The van der Waals surface area contributed by atoms with Crippen molar-refractivity contribution in [2.75, 3.05) is 5.32 Å². The number of nitrogens with one attached hydrogen (secondary N) is 1. The van der Waals surface area contributed by atoms with Gasteiger partial charge in [-0.1, -0.05) is 6.92 Å². The second-order valence-corrected chi connectivity index (χ2v) is 2.57. The van der Waals surface area contributed by atoms with Crippen molar-refractivity contribution >= 4 is 5.95 Å². The van der Waals surface area contributed by atoms with E-state index in [-0.39, 0.29) is 23.9 Å². The largest absolute Gasteiger partial charge is 0.493 e. The van der Waals surface area contributed by atoms with E-state index in [0.717, 1.165) is 6.07 Å². The Balaban J connectivity index is 2.77. The van der Waals surface area contributed by atoms with Crippen molar-refractivity contribution in [3.05, 3.63) is 6.07 Å². The molecular formula is C7H12N4O2. The number of aromatic nitrogens is 2. The Hall–Kier alpha value is -1.56. The molecule has 6 nitrogen and oxygen atoms in total. The normalized spacial score (nSPS) is 12.5. The topological polar surface area (TPSA) is 104 Å². The summed E-state index contributed by atoms with van der Waals surface area (Å²) in [5.74, 6) is -0.469. The van der Waals surface area contributed by atoms with Crippen molar-refractivity contribution in [2.24, 2.45) is 5.73 Å². The van der Waals surface area contributed by atoms with Crippen LogP contribution in [0.25, 0.3) is 0 Å². The molecule has 0 radical (unpaired) electrons. The average Bonchev–Trinajstić information content (AvgIpc) is 2.02. The summed E-state index contributed by atoms with van der Waals surface area (Å²) in [4.78, 5) is 7.23. The molecule has 1 heterocycles. The summed E-state index contributed by atoms with van der Waals surface area (Å²) in [6.07, 6.45) is 0.404. The molecule has 5 N–H and O–H groups in total. The zero-order chi connectivity index (χ0) is 9.84. The Morgan fingerprint density at radius 2 is 2.00 bits per heavy atom. The van der Waals surface area contributed by atoms with Gasteiger partial charge in [0.05, 0.1) is 12.2 Å². The Morgan fingerprint density at radius 1 is 1.46 bits per heavy atom. The molecule has 0 bridgehead atoms. The summed E-state index contributed by atoms with van der Waals surface area (Å²) >= 11 is 0. The Labute approximate surface area is 75.4 Å². The molecule has 6 heteroatoms. The van der Waals surface area contributed by atoms with Gasteiger partial charge in [-0.25, -0.2) is 0 Å². The Bertz CT molecular complexity index is 272. The van der Waals surface area contributed by atoms with Crippen LogP contribution in [0.5, 0.6) is 11.8 Å². The van der Waals surface area contributed by atoms with Crippen LogP contribution in [0.3, 0.4) is 0 Å². The summed E-state index contributed by atoms with van der Waals surface area (Å²) in [5, 5.41) is 20.7. The molecule has 1 aromatic heterocycles. The van der Waals surface area contributed by atoms with Gasteiger partial charge in [0.2, 0.25) is 17.7 Å². The monoisotopic (exact) mass is 184 g/mol. The number of hydrogen-bond donors (Lipinski definition) is 4. The summed E-state index contributed by atoms with van der Waals surface area (Å²) in [5.41, 5.74) is 5.55. The van der Waals surface area contributed by atoms with Crippen molar-refractivity contribution in [3.63, 3.8) is 0 Å². The molecule has 1 unspecified atom stereocenters. The van der Waals surface area contributed by atoms with E-state index in [1.807, 2.05) is 6.92 Å². The first kappa shape index (κ1) is 9.53. The standard InChI is InChI=1S/C7H12N4O2/c1-2-4(8)9-7-10-5(12)3-6(13)11-7/h3-4H,2,8H2,1H3,(H3,9,10,11,12,13). The molecule has 0 aliphatic heterocycles. The van der Waals surface area contributed by atoms with Crippen LogP contribution in [-0.2, 0) is 0 Å². The third kappa shape index (κ3) is 2.75. The highest BCUT2D eigenvalue weighted by molar-refractivity contribution is 5.32. The van der Waals surface area contributed by atoms with E-state index in [4.69, 9.17) is 15.9 Å². The van der Waals surface area contributed by atoms with Gasteiger partial charge in [0.25, 0.3) is 0 Å². The van der Waals surface area contributed by atoms with Crippen LogP contribution in [0.1, 0.15) is 13.3 Å². The van der Waals surface area contributed by atoms with Gasteiger partial charge in [0, 0.05) is 0 Å². The number of aromatic hydroxyl groups is 2. The molecule has 0 aromatic carbocycles. The Kier molecular flexibility index (Phi) is 2.86. The summed E-state index contributed by atoms with van der Waals surface area (Å²) < 4.78 is 0. The minimum atomic E-state index is -0.293. The van der Waals surface area contributed by atoms with E-state index in [0.29, 0.717) is 6.42 Å². The smallest absolute Gasteiger partial charge is 0.230 e. The minimum absolute atomic E-state index is 0.117. The number of nitrogens with zero attached hydrogens (tertiary/aromatic N) is 2. The van der Waals surface area contributed by atoms with E-state index in [1.54, 1.807) is 0 Å². The molecule has 0 spiro atoms. The van der Waals surface area contributed by atoms with Crippen LogP contribution in [-0.4, -0.2) is 26.3 Å². The number of anilines is 1. The molecule has 1 rings (SSSR count). The van der Waals surface area contributed by atoms with Gasteiger partial charge in [0.1, 0.15) is 0 Å². The first-order valence-corrected chi connectivity index (χ1v) is 3.91. The van der Waals surface area contributed by atoms with Crippen LogP contribution in [0.4, 0.5) is 5.95 Å². The maximum Gasteiger partial charge on any atom is 0.230 e. The second kappa shape index (κ2) is 3.90. The van der Waals surface area contributed by atoms with Crippen LogP contribution in [0.15, 0.2) is 6.07 Å². The predicted molar refractivity (Wildman–Crippen MR) is 47.3 cm³/mol. The quantitative estimate of drug-likeness (QED) is 0.493. The SMILES string of the molecule is CCC(N)Nc1nc(O)cc(O)n1. The lowest BCUT2D eigenvalue weighted by Gasteiger charge is -2.10. The number of rotatable bonds is 3. The van der Waals surface area contributed by atoms with E-state index in [2.05, 4.69) is 15.3 Å². The van der Waals surface area contributed by atoms with E-state index in [1.165, 1.54) is 0 Å². The molecule has 1 aromatic rings. The lowest BCUT2D eigenvalue weighted by atomic mass is 10.4. The highest BCUT2D eigenvalue weighted by Gasteiger charge is 2.04. The van der Waals surface area contributed by atoms with Gasteiger partial charge < -0.3 is 21.3 Å². The van der Waals surface area contributed by atoms with E-state index in [9.17, 15) is 0 Å². The van der Waals surface area contributed by atoms with Crippen molar-refractivity contribution < 1.29 is 10.2 Å². The van der Waals surface area contributed by atoms with Crippen LogP contribution in [0.2, 0.25) is 0 Å². The fraction of sp³-hybridized carbons (Fsp3) is 0.429. The van der Waals surface area contributed by atoms with E-state index >= 15 is 0 Å². The third-order valence-electron chi connectivity index (χ3n) is 1.45. The van der Waals surface area contributed by atoms with Crippen molar-refractivity contribution in [1.82, 2.24) is 9.97 Å². The second-order valence-electron chi connectivity index (χ2n) is 2.57. The van der Waals surface area contributed by atoms with Gasteiger partial charge in [-0.3, -0.25) is 0 Å². The highest BCUT2D eigenvalue weighted by atomic mass is 16.3. The molecule has 0 aliphatic carbocycles. The van der Waals surface area contributed by atoms with Crippen LogP contribution in [0, 0.1) is 0 Å². The fourth-order valence-electron chi connectivity index (χ4n) is 0.754. The average molecular weight is 184 g/mol. The van der Waals surface area contributed by atoms with Gasteiger partial charge in [-0.05, 0) is 6.42 Å². The maximum absolute atomic E-state index is 8.99. The van der Waals surface area contributed by atoms with Crippen molar-refractivity contribution in [1.29, 1.82) is 0 Å². The molecule has 0 saturated heterocycles. The number of nitrogens with two attached hydrogens (primary N) is 1. The van der Waals surface area contributed by atoms with Gasteiger partial charge >= 0.3 is 0 Å². The van der Waals surface area contributed by atoms with E-state index < -0.39 is 0 Å². The lowest BCUT2D eigenvalue weighted by molar-refractivity contribution is 0.422. The van der Waals surface area contributed by atoms with Crippen molar-refractivity contribution in [3.8, 4) is 11.8 Å². The van der Waals surface area contributed by atoms with Crippen molar-refractivity contribution in [2.45, 2.75) is 19.5 Å². The molecule has 1 atom stereocenters. The molecule has 0 aliphatic rings. The molecule has 72 valence electrons. The lowest BCUT2D eigenvalue weighted by Crippen LogP contribution is -2.29. The zero-order valence-corrected chi connectivity index (χ0v) is 7.23. The highest BCUT2D eigenvalue weighted by Crippen LogP contribution is 2.15. The third-order valence-corrected chi connectivity index (χ3v) is 1.45. The fourth-order valence-corrected chi connectivity index (χ4v) is 0.754. The molecule has 0 saturated carbocycles. The van der Waals surface area contributed by atoms with Gasteiger partial charge in [-0.15, -0.1) is 0 Å². The molecule has 0 amide bonds. The summed E-state index contributed by atoms with van der Waals surface area (Å²) in [7, 11) is 0. The first-order valence-electron chi connectivity index (χ1n) is 3.91. The maximum atomic E-state index is 8.99. The number of hydrogen-bond acceptors (Lipinski definition) is 6. The van der Waals surface area contributed by atoms with Gasteiger partial charge in [-0.2, -0.15) is 9.97 Å². The summed E-state index contributed by atoms with van der Waals surface area (Å²) in [6, 6.07) is 1.04. The molecule has 13 heavy (non-hydrogen) atoms. The Morgan fingerprint density at radius 3 is 2.46 bits per heavy atom.